The van der Waals surface area contributed by atoms with Crippen LogP contribution in [0.25, 0.3) is 11.1 Å². The van der Waals surface area contributed by atoms with Crippen LogP contribution < -0.4 is 15.8 Å². The minimum atomic E-state index is -0.954. The number of nitrogen functional groups attached to an aromatic ring is 1. The number of amides is 1. The Kier molecular flexibility index (Phi) is 8.86. The highest BCUT2D eigenvalue weighted by atomic mass is 35.5. The summed E-state index contributed by atoms with van der Waals surface area (Å²) in [5, 5.41) is 31.4. The van der Waals surface area contributed by atoms with E-state index in [4.69, 9.17) is 27.5 Å². The number of hydrogen-bond donors (Lipinski definition) is 5. The predicted molar refractivity (Wildman–Crippen MR) is 176 cm³/mol. The lowest BCUT2D eigenvalue weighted by molar-refractivity contribution is -0.131. The lowest BCUT2D eigenvalue weighted by atomic mass is 9.90. The summed E-state index contributed by atoms with van der Waals surface area (Å²) in [5.41, 5.74) is 9.54. The van der Waals surface area contributed by atoms with Crippen LogP contribution in [0, 0.1) is 30.5 Å². The lowest BCUT2D eigenvalue weighted by Gasteiger charge is -2.47. The fourth-order valence-corrected chi connectivity index (χ4v) is 6.52. The van der Waals surface area contributed by atoms with Crippen molar-refractivity contribution in [1.29, 1.82) is 10.8 Å². The lowest BCUT2D eigenvalue weighted by Crippen LogP contribution is -2.60. The zero-order valence-corrected chi connectivity index (χ0v) is 26.4. The van der Waals surface area contributed by atoms with Crippen LogP contribution in [-0.2, 0) is 4.79 Å². The fourth-order valence-electron chi connectivity index (χ4n) is 6.21. The fraction of sp³-hybridized carbons (Fsp3) is 0.333. The summed E-state index contributed by atoms with van der Waals surface area (Å²) in [6.45, 7) is 11.5. The molecule has 0 bridgehead atoms. The SMILES string of the molecule is C=CC(=O)N1CC2CCOc3c(F)c(-c4c(C)ccc(N)c4C=N)c(Cl)c(Nc4c(C)ccnc4C(C)O)c3C(=N)N2CC1C. The van der Waals surface area contributed by atoms with E-state index in [1.807, 2.05) is 18.7 Å². The Morgan fingerprint density at radius 2 is 1.98 bits per heavy atom. The van der Waals surface area contributed by atoms with Crippen molar-refractivity contribution in [3.05, 3.63) is 75.8 Å². The molecular weight excluding hydrogens is 597 g/mol. The number of benzene rings is 2. The summed E-state index contributed by atoms with van der Waals surface area (Å²) in [4.78, 5) is 20.6. The minimum Gasteiger partial charge on any atom is -0.490 e. The highest BCUT2D eigenvalue weighted by molar-refractivity contribution is 6.38. The molecule has 236 valence electrons. The molecule has 3 aromatic rings. The number of nitrogens with one attached hydrogen (secondary N) is 3. The molecule has 1 aromatic heterocycles. The van der Waals surface area contributed by atoms with Crippen LogP contribution in [-0.4, -0.2) is 69.6 Å². The molecule has 2 aliphatic rings. The molecule has 3 heterocycles. The molecule has 1 saturated heterocycles. The monoisotopic (exact) mass is 633 g/mol. The molecule has 45 heavy (non-hydrogen) atoms. The average molecular weight is 634 g/mol. The largest absolute Gasteiger partial charge is 0.490 e. The van der Waals surface area contributed by atoms with Gasteiger partial charge in [-0.1, -0.05) is 24.2 Å². The molecule has 2 aliphatic heterocycles. The number of aliphatic hydroxyl groups is 1. The van der Waals surface area contributed by atoms with Gasteiger partial charge in [-0.25, -0.2) is 4.39 Å². The van der Waals surface area contributed by atoms with Crippen molar-refractivity contribution in [2.75, 3.05) is 30.7 Å². The van der Waals surface area contributed by atoms with E-state index < -0.39 is 11.9 Å². The van der Waals surface area contributed by atoms with Crippen molar-refractivity contribution in [3.8, 4) is 16.9 Å². The van der Waals surface area contributed by atoms with Gasteiger partial charge in [0.15, 0.2) is 11.6 Å². The van der Waals surface area contributed by atoms with E-state index in [2.05, 4.69) is 16.9 Å². The van der Waals surface area contributed by atoms with Gasteiger partial charge in [-0.3, -0.25) is 15.2 Å². The van der Waals surface area contributed by atoms with E-state index in [9.17, 15) is 15.3 Å². The number of ether oxygens (including phenoxy) is 1. The zero-order chi connectivity index (χ0) is 32.7. The standard InChI is InChI=1S/C33H37ClFN7O3/c1-6-23(44)41-15-20-10-12-45-32-26(33(38)42(20)14-18(41)4)31(40-29-17(3)9-11-39-30(29)19(5)43)27(34)25(28(32)35)24-16(2)7-8-22(37)21(24)13-36/h6-9,11,13,18-20,36,38,40,43H,1,10,12,14-15,37H2,2-5H3. The third-order valence-electron chi connectivity index (χ3n) is 8.57. The van der Waals surface area contributed by atoms with Gasteiger partial charge in [-0.05, 0) is 57.0 Å². The molecule has 0 aliphatic carbocycles. The molecule has 1 amide bonds. The zero-order valence-electron chi connectivity index (χ0n) is 25.7. The number of rotatable bonds is 6. The third kappa shape index (κ3) is 5.51. The number of pyridine rings is 1. The average Bonchev–Trinajstić information content (AvgIpc) is 3.00. The van der Waals surface area contributed by atoms with Crippen molar-refractivity contribution in [1.82, 2.24) is 14.8 Å². The van der Waals surface area contributed by atoms with E-state index in [0.29, 0.717) is 47.6 Å². The maximum atomic E-state index is 17.0. The van der Waals surface area contributed by atoms with E-state index in [1.165, 1.54) is 6.08 Å². The highest BCUT2D eigenvalue weighted by Crippen LogP contribution is 2.49. The van der Waals surface area contributed by atoms with E-state index >= 15 is 4.39 Å². The predicted octanol–water partition coefficient (Wildman–Crippen LogP) is 5.73. The number of amidine groups is 1. The summed E-state index contributed by atoms with van der Waals surface area (Å²) in [5.74, 6) is -1.18. The van der Waals surface area contributed by atoms with E-state index in [-0.39, 0.29) is 63.7 Å². The van der Waals surface area contributed by atoms with E-state index in [0.717, 1.165) is 11.8 Å². The van der Waals surface area contributed by atoms with Gasteiger partial charge in [0.25, 0.3) is 0 Å². The molecule has 2 aromatic carbocycles. The Morgan fingerprint density at radius 3 is 2.64 bits per heavy atom. The third-order valence-corrected chi connectivity index (χ3v) is 8.95. The number of hydrogen-bond acceptors (Lipinski definition) is 8. The van der Waals surface area contributed by atoms with Crippen molar-refractivity contribution < 1.29 is 19.0 Å². The number of aromatic nitrogens is 1. The quantitative estimate of drug-likeness (QED) is 0.132. The van der Waals surface area contributed by atoms with Gasteiger partial charge in [0.1, 0.15) is 5.84 Å². The summed E-state index contributed by atoms with van der Waals surface area (Å²) in [6.07, 6.45) is 3.39. The van der Waals surface area contributed by atoms with Crippen LogP contribution in [0.3, 0.4) is 0 Å². The van der Waals surface area contributed by atoms with Crippen molar-refractivity contribution >= 4 is 46.6 Å². The molecule has 6 N–H and O–H groups in total. The first-order valence-corrected chi connectivity index (χ1v) is 15.1. The van der Waals surface area contributed by atoms with Crippen molar-refractivity contribution in [2.24, 2.45) is 0 Å². The second-order valence-corrected chi connectivity index (χ2v) is 11.9. The summed E-state index contributed by atoms with van der Waals surface area (Å²) < 4.78 is 23.1. The molecule has 3 unspecified atom stereocenters. The topological polar surface area (TPSA) is 152 Å². The van der Waals surface area contributed by atoms with Gasteiger partial charge in [-0.2, -0.15) is 0 Å². The first kappa shape index (κ1) is 31.9. The number of nitrogens with two attached hydrogens (primary N) is 1. The summed E-state index contributed by atoms with van der Waals surface area (Å²) in [7, 11) is 0. The van der Waals surface area contributed by atoms with Crippen LogP contribution in [0.2, 0.25) is 5.02 Å². The van der Waals surface area contributed by atoms with Gasteiger partial charge < -0.3 is 36.1 Å². The van der Waals surface area contributed by atoms with Gasteiger partial charge in [-0.15, -0.1) is 0 Å². The molecule has 3 atom stereocenters. The molecule has 12 heteroatoms. The summed E-state index contributed by atoms with van der Waals surface area (Å²) >= 11 is 7.18. The van der Waals surface area contributed by atoms with Gasteiger partial charge in [0, 0.05) is 60.3 Å². The van der Waals surface area contributed by atoms with Gasteiger partial charge >= 0.3 is 0 Å². The molecule has 0 saturated carbocycles. The second kappa shape index (κ2) is 12.5. The Balaban J connectivity index is 1.80. The number of aryl methyl sites for hydroxylation is 2. The first-order chi connectivity index (χ1) is 21.4. The van der Waals surface area contributed by atoms with Crippen LogP contribution in [0.15, 0.2) is 37.1 Å². The summed E-state index contributed by atoms with van der Waals surface area (Å²) in [6, 6.07) is 4.61. The van der Waals surface area contributed by atoms with Crippen molar-refractivity contribution in [3.63, 3.8) is 0 Å². The van der Waals surface area contributed by atoms with Crippen molar-refractivity contribution in [2.45, 2.75) is 52.3 Å². The van der Waals surface area contributed by atoms with Crippen LogP contribution in [0.1, 0.15) is 54.3 Å². The highest BCUT2D eigenvalue weighted by Gasteiger charge is 2.40. The van der Waals surface area contributed by atoms with Crippen LogP contribution in [0.4, 0.5) is 21.5 Å². The number of aliphatic hydroxyl groups excluding tert-OH is 1. The number of nitrogens with zero attached hydrogens (tertiary/aromatic N) is 3. The maximum Gasteiger partial charge on any atom is 0.246 e. The Hall–Kier alpha value is -4.48. The normalized spacial score (nSPS) is 18.6. The van der Waals surface area contributed by atoms with Gasteiger partial charge in [0.2, 0.25) is 5.91 Å². The number of anilines is 3. The number of piperazine rings is 1. The minimum absolute atomic E-state index is 0.0268. The number of fused-ring (bicyclic) bond motifs is 2. The molecule has 5 rings (SSSR count). The molecular formula is C33H37ClFN7O3. The molecule has 0 radical (unpaired) electrons. The second-order valence-electron chi connectivity index (χ2n) is 11.5. The smallest absolute Gasteiger partial charge is 0.246 e. The Bertz CT molecular complexity index is 1730. The number of halogens is 2. The Morgan fingerprint density at radius 1 is 1.24 bits per heavy atom. The molecule has 1 fully saturated rings. The van der Waals surface area contributed by atoms with Gasteiger partial charge in [0.05, 0.1) is 46.4 Å². The Labute approximate surface area is 266 Å². The molecule has 0 spiro atoms. The van der Waals surface area contributed by atoms with Crippen LogP contribution in [0.5, 0.6) is 5.75 Å². The van der Waals surface area contributed by atoms with E-state index in [1.54, 1.807) is 43.1 Å². The molecule has 10 nitrogen and oxygen atoms in total. The number of carbonyl (C=O) groups excluding carboxylic acids is 1. The number of carbonyl (C=O) groups is 1. The first-order valence-electron chi connectivity index (χ1n) is 14.7. The van der Waals surface area contributed by atoms with Crippen LogP contribution >= 0.6 is 11.6 Å². The maximum absolute atomic E-state index is 17.0.